The molecule has 186 valence electrons. The summed E-state index contributed by atoms with van der Waals surface area (Å²) < 4.78 is 5.65. The van der Waals surface area contributed by atoms with E-state index in [1.165, 1.54) is 6.42 Å². The second kappa shape index (κ2) is 11.6. The van der Waals surface area contributed by atoms with Crippen molar-refractivity contribution in [1.29, 1.82) is 5.26 Å². The number of hydrogen-bond acceptors (Lipinski definition) is 7. The monoisotopic (exact) mass is 486 g/mol. The van der Waals surface area contributed by atoms with E-state index in [-0.39, 0.29) is 23.7 Å². The van der Waals surface area contributed by atoms with E-state index >= 15 is 0 Å². The molecule has 1 aliphatic rings. The standard InChI is InChI=1S/C28H30N4O4/c1-19(30-31-24(33)14-15-29)22(18-32-16-8-3-9-17-32)25(20-10-4-2-5-11-20)26-27(34)21-12-6-7-13-23(21)36-28(26)35/h2,4-7,10-13,22,25,34H,3,8-9,14,16-18H2,1H3,(H,31,33)/b30-19+. The molecule has 4 rings (SSSR count). The van der Waals surface area contributed by atoms with Crippen LogP contribution in [-0.2, 0) is 4.79 Å². The maximum absolute atomic E-state index is 13.4. The molecular weight excluding hydrogens is 456 g/mol. The fraction of sp³-hybridized carbons (Fsp3) is 0.357. The zero-order valence-corrected chi connectivity index (χ0v) is 20.3. The van der Waals surface area contributed by atoms with Gasteiger partial charge in [-0.05, 0) is 50.6 Å². The minimum atomic E-state index is -0.606. The number of fused-ring (bicyclic) bond motifs is 1. The number of piperidine rings is 1. The Hall–Kier alpha value is -3.96. The molecule has 0 aliphatic carbocycles. The summed E-state index contributed by atoms with van der Waals surface area (Å²) in [6, 6.07) is 18.2. The molecule has 2 aromatic carbocycles. The van der Waals surface area contributed by atoms with Crippen LogP contribution in [0.4, 0.5) is 0 Å². The van der Waals surface area contributed by atoms with Crippen LogP contribution in [0.2, 0.25) is 0 Å². The number of rotatable bonds is 8. The highest BCUT2D eigenvalue weighted by Gasteiger charge is 2.35. The van der Waals surface area contributed by atoms with Crippen LogP contribution in [0.3, 0.4) is 0 Å². The Kier molecular flexibility index (Phi) is 8.13. The van der Waals surface area contributed by atoms with Gasteiger partial charge in [0.1, 0.15) is 17.8 Å². The zero-order chi connectivity index (χ0) is 25.5. The first-order valence-electron chi connectivity index (χ1n) is 12.2. The predicted octanol–water partition coefficient (Wildman–Crippen LogP) is 4.14. The number of nitrogens with zero attached hydrogens (tertiary/aromatic N) is 3. The van der Waals surface area contributed by atoms with Gasteiger partial charge >= 0.3 is 5.63 Å². The Labute approximate surface area is 209 Å². The van der Waals surface area contributed by atoms with Gasteiger partial charge in [-0.2, -0.15) is 10.4 Å². The third-order valence-corrected chi connectivity index (χ3v) is 6.73. The molecule has 1 saturated heterocycles. The maximum atomic E-state index is 13.4. The van der Waals surface area contributed by atoms with Crippen molar-refractivity contribution in [2.24, 2.45) is 11.0 Å². The molecule has 1 aliphatic heterocycles. The highest BCUT2D eigenvalue weighted by Crippen LogP contribution is 2.39. The van der Waals surface area contributed by atoms with E-state index in [0.717, 1.165) is 31.5 Å². The normalized spacial score (nSPS) is 16.3. The van der Waals surface area contributed by atoms with Gasteiger partial charge in [0.05, 0.1) is 17.0 Å². The van der Waals surface area contributed by atoms with Crippen molar-refractivity contribution in [2.45, 2.75) is 38.5 Å². The van der Waals surface area contributed by atoms with Crippen LogP contribution in [0.5, 0.6) is 5.75 Å². The third-order valence-electron chi connectivity index (χ3n) is 6.73. The lowest BCUT2D eigenvalue weighted by atomic mass is 9.78. The summed E-state index contributed by atoms with van der Waals surface area (Å²) in [5.74, 6) is -1.55. The van der Waals surface area contributed by atoms with Gasteiger partial charge in [-0.3, -0.25) is 4.79 Å². The molecule has 8 nitrogen and oxygen atoms in total. The molecule has 2 N–H and O–H groups in total. The molecule has 0 bridgehead atoms. The topological polar surface area (TPSA) is 119 Å². The minimum Gasteiger partial charge on any atom is -0.507 e. The van der Waals surface area contributed by atoms with Crippen LogP contribution in [0.15, 0.2) is 68.9 Å². The average Bonchev–Trinajstić information content (AvgIpc) is 2.90. The number of likely N-dealkylation sites (tertiary alicyclic amines) is 1. The van der Waals surface area contributed by atoms with E-state index < -0.39 is 17.5 Å². The number of carbonyl (C=O) groups excluding carboxylic acids is 1. The van der Waals surface area contributed by atoms with Gasteiger partial charge in [-0.15, -0.1) is 0 Å². The first-order valence-corrected chi connectivity index (χ1v) is 12.2. The molecule has 1 amide bonds. The van der Waals surface area contributed by atoms with Gasteiger partial charge in [-0.25, -0.2) is 10.2 Å². The van der Waals surface area contributed by atoms with Crippen molar-refractivity contribution in [1.82, 2.24) is 10.3 Å². The lowest BCUT2D eigenvalue weighted by Crippen LogP contribution is -2.40. The van der Waals surface area contributed by atoms with E-state index in [2.05, 4.69) is 15.4 Å². The average molecular weight is 487 g/mol. The Bertz CT molecular complexity index is 1340. The van der Waals surface area contributed by atoms with Crippen molar-refractivity contribution >= 4 is 22.6 Å². The lowest BCUT2D eigenvalue weighted by Gasteiger charge is -2.34. The number of para-hydroxylation sites is 1. The highest BCUT2D eigenvalue weighted by molar-refractivity contribution is 5.89. The van der Waals surface area contributed by atoms with Crippen molar-refractivity contribution in [2.75, 3.05) is 19.6 Å². The molecule has 8 heteroatoms. The maximum Gasteiger partial charge on any atom is 0.343 e. The largest absolute Gasteiger partial charge is 0.507 e. The molecule has 2 heterocycles. The number of nitriles is 1. The molecule has 0 saturated carbocycles. The summed E-state index contributed by atoms with van der Waals surface area (Å²) >= 11 is 0. The SMILES string of the molecule is C/C(=N\NC(=O)CC#N)C(CN1CCCCC1)C(c1ccccc1)c1c(O)c2ccccc2oc1=O. The fourth-order valence-electron chi connectivity index (χ4n) is 4.93. The van der Waals surface area contributed by atoms with E-state index in [1.807, 2.05) is 36.4 Å². The summed E-state index contributed by atoms with van der Waals surface area (Å²) in [5.41, 5.74) is 3.76. The van der Waals surface area contributed by atoms with Gasteiger partial charge < -0.3 is 14.4 Å². The van der Waals surface area contributed by atoms with Crippen LogP contribution in [0.25, 0.3) is 11.0 Å². The van der Waals surface area contributed by atoms with Crippen molar-refractivity contribution in [3.63, 3.8) is 0 Å². The Morgan fingerprint density at radius 3 is 2.56 bits per heavy atom. The molecule has 0 radical (unpaired) electrons. The predicted molar refractivity (Wildman–Crippen MR) is 138 cm³/mol. The summed E-state index contributed by atoms with van der Waals surface area (Å²) in [6.45, 7) is 4.22. The Morgan fingerprint density at radius 2 is 1.83 bits per heavy atom. The molecule has 0 spiro atoms. The molecule has 2 atom stereocenters. The van der Waals surface area contributed by atoms with E-state index in [9.17, 15) is 14.7 Å². The molecule has 36 heavy (non-hydrogen) atoms. The van der Waals surface area contributed by atoms with Crippen molar-refractivity contribution in [3.8, 4) is 11.8 Å². The molecule has 2 unspecified atom stereocenters. The number of benzene rings is 2. The van der Waals surface area contributed by atoms with Crippen LogP contribution in [0.1, 0.15) is 49.7 Å². The second-order valence-corrected chi connectivity index (χ2v) is 9.13. The van der Waals surface area contributed by atoms with Gasteiger partial charge in [0.25, 0.3) is 5.91 Å². The molecule has 1 aromatic heterocycles. The second-order valence-electron chi connectivity index (χ2n) is 9.13. The number of hydrazone groups is 1. The van der Waals surface area contributed by atoms with E-state index in [4.69, 9.17) is 9.68 Å². The first-order chi connectivity index (χ1) is 17.5. The van der Waals surface area contributed by atoms with E-state index in [1.54, 1.807) is 31.2 Å². The van der Waals surface area contributed by atoms with Crippen LogP contribution >= 0.6 is 0 Å². The van der Waals surface area contributed by atoms with Crippen LogP contribution < -0.4 is 11.1 Å². The number of nitrogens with one attached hydrogen (secondary N) is 1. The molecular formula is C28H30N4O4. The fourth-order valence-corrected chi connectivity index (χ4v) is 4.93. The smallest absolute Gasteiger partial charge is 0.343 e. The number of aromatic hydroxyl groups is 1. The van der Waals surface area contributed by atoms with Crippen LogP contribution in [0, 0.1) is 17.2 Å². The summed E-state index contributed by atoms with van der Waals surface area (Å²) in [6.07, 6.45) is 3.04. The summed E-state index contributed by atoms with van der Waals surface area (Å²) in [7, 11) is 0. The van der Waals surface area contributed by atoms with Gasteiger partial charge in [0.2, 0.25) is 0 Å². The molecule has 1 fully saturated rings. The van der Waals surface area contributed by atoms with Crippen molar-refractivity contribution in [3.05, 3.63) is 76.1 Å². The summed E-state index contributed by atoms with van der Waals surface area (Å²) in [4.78, 5) is 27.7. The van der Waals surface area contributed by atoms with Gasteiger partial charge in [-0.1, -0.05) is 48.9 Å². The van der Waals surface area contributed by atoms with Gasteiger partial charge in [0, 0.05) is 24.1 Å². The number of amides is 1. The van der Waals surface area contributed by atoms with Gasteiger partial charge in [0.15, 0.2) is 0 Å². The molecule has 3 aromatic rings. The zero-order valence-electron chi connectivity index (χ0n) is 20.3. The van der Waals surface area contributed by atoms with E-state index in [0.29, 0.717) is 23.2 Å². The first kappa shape index (κ1) is 25.1. The third kappa shape index (κ3) is 5.64. The minimum absolute atomic E-state index is 0.110. The summed E-state index contributed by atoms with van der Waals surface area (Å²) in [5, 5.41) is 25.0. The van der Waals surface area contributed by atoms with Crippen molar-refractivity contribution < 1.29 is 14.3 Å². The number of carbonyl (C=O) groups is 1. The quantitative estimate of drug-likeness (QED) is 0.281. The lowest BCUT2D eigenvalue weighted by molar-refractivity contribution is -0.120. The Balaban J connectivity index is 1.87. The Morgan fingerprint density at radius 1 is 1.14 bits per heavy atom. The van der Waals surface area contributed by atoms with Crippen LogP contribution in [-0.4, -0.2) is 41.3 Å². The number of hydrogen-bond donors (Lipinski definition) is 2. The highest BCUT2D eigenvalue weighted by atomic mass is 16.4.